The zero-order valence-corrected chi connectivity index (χ0v) is 15.6. The fraction of sp³-hybridized carbons (Fsp3) is 0.0435. The first kappa shape index (κ1) is 17.1. The maximum absolute atomic E-state index is 4.66. The molecule has 0 aliphatic heterocycles. The molecule has 0 atom stereocenters. The van der Waals surface area contributed by atoms with Crippen molar-refractivity contribution in [2.24, 2.45) is 0 Å². The fourth-order valence-corrected chi connectivity index (χ4v) is 3.19. The Morgan fingerprint density at radius 3 is 2.34 bits per heavy atom. The number of hydrogen-bond donors (Lipinski definition) is 1. The standard InChI is InChI=1S/C23H18N6/c1-2-5-19(6-3-1)23-27-26-22-13-12-21(28-29(22)23)25-15-17-8-10-18(11-9-17)20-7-4-14-24-16-20/h1-14,16H,15H2,(H,25,28). The summed E-state index contributed by atoms with van der Waals surface area (Å²) in [7, 11) is 0. The van der Waals surface area contributed by atoms with Crippen LogP contribution >= 0.6 is 0 Å². The van der Waals surface area contributed by atoms with Gasteiger partial charge in [-0.1, -0.05) is 60.7 Å². The molecule has 6 nitrogen and oxygen atoms in total. The van der Waals surface area contributed by atoms with Crippen molar-refractivity contribution in [2.45, 2.75) is 6.54 Å². The molecule has 140 valence electrons. The molecule has 29 heavy (non-hydrogen) atoms. The van der Waals surface area contributed by atoms with Crippen LogP contribution in [0, 0.1) is 0 Å². The van der Waals surface area contributed by atoms with E-state index in [0.717, 1.165) is 34.0 Å². The summed E-state index contributed by atoms with van der Waals surface area (Å²) in [5.74, 6) is 1.50. The number of hydrogen-bond acceptors (Lipinski definition) is 5. The number of anilines is 1. The minimum Gasteiger partial charge on any atom is -0.365 e. The third-order valence-electron chi connectivity index (χ3n) is 4.72. The van der Waals surface area contributed by atoms with Crippen LogP contribution in [0.15, 0.2) is 91.3 Å². The number of aromatic nitrogens is 5. The van der Waals surface area contributed by atoms with Gasteiger partial charge in [0, 0.05) is 24.5 Å². The van der Waals surface area contributed by atoms with Crippen LogP contribution in [0.1, 0.15) is 5.56 Å². The average molecular weight is 378 g/mol. The molecule has 3 aromatic heterocycles. The quantitative estimate of drug-likeness (QED) is 0.489. The first-order valence-corrected chi connectivity index (χ1v) is 9.38. The highest BCUT2D eigenvalue weighted by molar-refractivity contribution is 5.62. The normalized spacial score (nSPS) is 10.9. The minimum atomic E-state index is 0.675. The molecule has 0 amide bonds. The Labute approximate surface area is 167 Å². The minimum absolute atomic E-state index is 0.675. The molecule has 0 unspecified atom stereocenters. The summed E-state index contributed by atoms with van der Waals surface area (Å²) in [4.78, 5) is 4.18. The number of nitrogens with zero attached hydrogens (tertiary/aromatic N) is 5. The Bertz CT molecular complexity index is 1230. The second-order valence-corrected chi connectivity index (χ2v) is 6.67. The van der Waals surface area contributed by atoms with Gasteiger partial charge >= 0.3 is 0 Å². The number of nitrogens with one attached hydrogen (secondary N) is 1. The third-order valence-corrected chi connectivity index (χ3v) is 4.72. The van der Waals surface area contributed by atoms with Crippen molar-refractivity contribution >= 4 is 11.5 Å². The summed E-state index contributed by atoms with van der Waals surface area (Å²) in [5, 5.41) is 16.5. The van der Waals surface area contributed by atoms with Crippen molar-refractivity contribution < 1.29 is 0 Å². The maximum atomic E-state index is 4.66. The summed E-state index contributed by atoms with van der Waals surface area (Å²) < 4.78 is 1.77. The average Bonchev–Trinajstić information content (AvgIpc) is 3.22. The molecule has 2 aromatic carbocycles. The van der Waals surface area contributed by atoms with Gasteiger partial charge in [-0.2, -0.15) is 4.52 Å². The molecule has 0 aliphatic carbocycles. The van der Waals surface area contributed by atoms with E-state index >= 15 is 0 Å². The van der Waals surface area contributed by atoms with Crippen LogP contribution in [0.3, 0.4) is 0 Å². The highest BCUT2D eigenvalue weighted by atomic mass is 15.4. The van der Waals surface area contributed by atoms with Gasteiger partial charge in [-0.25, -0.2) is 0 Å². The molecule has 0 spiro atoms. The van der Waals surface area contributed by atoms with E-state index in [-0.39, 0.29) is 0 Å². The first-order chi connectivity index (χ1) is 14.4. The van der Waals surface area contributed by atoms with E-state index in [9.17, 15) is 0 Å². The van der Waals surface area contributed by atoms with Crippen LogP contribution < -0.4 is 5.32 Å². The van der Waals surface area contributed by atoms with Gasteiger partial charge in [0.15, 0.2) is 11.5 Å². The van der Waals surface area contributed by atoms with Gasteiger partial charge in [0.2, 0.25) is 0 Å². The van der Waals surface area contributed by atoms with Crippen molar-refractivity contribution in [2.75, 3.05) is 5.32 Å². The summed E-state index contributed by atoms with van der Waals surface area (Å²) in [6.07, 6.45) is 3.65. The lowest BCUT2D eigenvalue weighted by Crippen LogP contribution is -2.04. The summed E-state index contributed by atoms with van der Waals surface area (Å²) >= 11 is 0. The second kappa shape index (κ2) is 7.52. The van der Waals surface area contributed by atoms with Crippen molar-refractivity contribution in [1.82, 2.24) is 24.8 Å². The van der Waals surface area contributed by atoms with Crippen LogP contribution in [-0.4, -0.2) is 24.8 Å². The maximum Gasteiger partial charge on any atom is 0.185 e. The first-order valence-electron chi connectivity index (χ1n) is 9.38. The van der Waals surface area contributed by atoms with Gasteiger partial charge in [-0.05, 0) is 34.9 Å². The van der Waals surface area contributed by atoms with E-state index in [2.05, 4.69) is 55.9 Å². The molecule has 0 saturated carbocycles. The molecule has 0 fully saturated rings. The molecule has 5 rings (SSSR count). The topological polar surface area (TPSA) is 68.0 Å². The molecule has 0 aliphatic rings. The molecular weight excluding hydrogens is 360 g/mol. The van der Waals surface area contributed by atoms with Gasteiger partial charge in [-0.15, -0.1) is 15.3 Å². The monoisotopic (exact) mass is 378 g/mol. The molecule has 5 aromatic rings. The predicted molar refractivity (Wildman–Crippen MR) is 113 cm³/mol. The molecular formula is C23H18N6. The number of fused-ring (bicyclic) bond motifs is 1. The van der Waals surface area contributed by atoms with Gasteiger partial charge in [0.25, 0.3) is 0 Å². The summed E-state index contributed by atoms with van der Waals surface area (Å²) in [6.45, 7) is 0.675. The van der Waals surface area contributed by atoms with E-state index in [1.165, 1.54) is 5.56 Å². The van der Waals surface area contributed by atoms with E-state index in [0.29, 0.717) is 6.54 Å². The molecule has 6 heteroatoms. The second-order valence-electron chi connectivity index (χ2n) is 6.67. The fourth-order valence-electron chi connectivity index (χ4n) is 3.19. The van der Waals surface area contributed by atoms with Crippen molar-refractivity contribution in [3.05, 3.63) is 96.8 Å². The molecule has 1 N–H and O–H groups in total. The van der Waals surface area contributed by atoms with Gasteiger partial charge < -0.3 is 5.32 Å². The number of rotatable bonds is 5. The Morgan fingerprint density at radius 2 is 1.55 bits per heavy atom. The highest BCUT2D eigenvalue weighted by Crippen LogP contribution is 2.20. The largest absolute Gasteiger partial charge is 0.365 e. The van der Waals surface area contributed by atoms with E-state index in [1.54, 1.807) is 10.7 Å². The smallest absolute Gasteiger partial charge is 0.185 e. The van der Waals surface area contributed by atoms with Crippen LogP contribution in [0.4, 0.5) is 5.82 Å². The van der Waals surface area contributed by atoms with Gasteiger partial charge in [-0.3, -0.25) is 4.98 Å². The lowest BCUT2D eigenvalue weighted by atomic mass is 10.1. The highest BCUT2D eigenvalue weighted by Gasteiger charge is 2.09. The predicted octanol–water partition coefficient (Wildman–Crippen LogP) is 4.47. The van der Waals surface area contributed by atoms with Crippen LogP contribution in [0.5, 0.6) is 0 Å². The lowest BCUT2D eigenvalue weighted by molar-refractivity contribution is 0.925. The molecule has 0 bridgehead atoms. The van der Waals surface area contributed by atoms with Crippen molar-refractivity contribution in [3.63, 3.8) is 0 Å². The Balaban J connectivity index is 1.34. The number of benzene rings is 2. The van der Waals surface area contributed by atoms with Gasteiger partial charge in [0.1, 0.15) is 5.82 Å². The van der Waals surface area contributed by atoms with Crippen LogP contribution in [0.25, 0.3) is 28.2 Å². The van der Waals surface area contributed by atoms with Crippen molar-refractivity contribution in [1.29, 1.82) is 0 Å². The van der Waals surface area contributed by atoms with Crippen LogP contribution in [0.2, 0.25) is 0 Å². The molecule has 0 radical (unpaired) electrons. The third kappa shape index (κ3) is 3.55. The van der Waals surface area contributed by atoms with E-state index in [1.807, 2.05) is 54.7 Å². The SMILES string of the molecule is c1ccc(-c2nnc3ccc(NCc4ccc(-c5cccnc5)cc4)nn23)cc1. The van der Waals surface area contributed by atoms with E-state index in [4.69, 9.17) is 0 Å². The lowest BCUT2D eigenvalue weighted by Gasteiger charge is -2.08. The van der Waals surface area contributed by atoms with E-state index < -0.39 is 0 Å². The number of pyridine rings is 1. The molecule has 0 saturated heterocycles. The Hall–Kier alpha value is -4.06. The summed E-state index contributed by atoms with van der Waals surface area (Å²) in [5.41, 5.74) is 5.14. The zero-order chi connectivity index (χ0) is 19.5. The summed E-state index contributed by atoms with van der Waals surface area (Å²) in [6, 6.07) is 26.2. The van der Waals surface area contributed by atoms with Crippen LogP contribution in [-0.2, 0) is 6.54 Å². The van der Waals surface area contributed by atoms with Crippen molar-refractivity contribution in [3.8, 4) is 22.5 Å². The zero-order valence-electron chi connectivity index (χ0n) is 15.6. The van der Waals surface area contributed by atoms with Gasteiger partial charge in [0.05, 0.1) is 0 Å². The Kier molecular flexibility index (Phi) is 4.42. The Morgan fingerprint density at radius 1 is 0.724 bits per heavy atom. The molecule has 3 heterocycles.